The predicted octanol–water partition coefficient (Wildman–Crippen LogP) is 3.30. The summed E-state index contributed by atoms with van der Waals surface area (Å²) in [5.41, 5.74) is 2.38. The van der Waals surface area contributed by atoms with Gasteiger partial charge in [-0.3, -0.25) is 4.79 Å². The van der Waals surface area contributed by atoms with E-state index in [1.54, 1.807) is 25.1 Å². The van der Waals surface area contributed by atoms with Gasteiger partial charge < -0.3 is 10.1 Å². The standard InChI is InChI=1S/C20H24N2O4S/c1-5-26-18-11-10-17(14-19(18)27(24,25)22(3)4)21-20(23)12-9-16-8-6-7-15(2)13-16/h6-14H,5H2,1-4H3,(H,21,23)/b12-9+. The lowest BCUT2D eigenvalue weighted by Gasteiger charge is -2.16. The maximum absolute atomic E-state index is 12.5. The van der Waals surface area contributed by atoms with Crippen LogP contribution in [-0.2, 0) is 14.8 Å². The molecule has 144 valence electrons. The predicted molar refractivity (Wildman–Crippen MR) is 107 cm³/mol. The second-order valence-corrected chi connectivity index (χ2v) is 8.24. The van der Waals surface area contributed by atoms with Crippen LogP contribution in [0.2, 0.25) is 0 Å². The molecule has 0 aliphatic rings. The zero-order valence-corrected chi connectivity index (χ0v) is 16.7. The molecule has 0 saturated carbocycles. The van der Waals surface area contributed by atoms with Crippen LogP contribution in [0.1, 0.15) is 18.1 Å². The first-order valence-electron chi connectivity index (χ1n) is 8.49. The molecule has 7 heteroatoms. The summed E-state index contributed by atoms with van der Waals surface area (Å²) in [5, 5.41) is 2.68. The number of anilines is 1. The molecule has 0 fully saturated rings. The monoisotopic (exact) mass is 388 g/mol. The zero-order valence-electron chi connectivity index (χ0n) is 15.9. The minimum absolute atomic E-state index is 0.00909. The number of carbonyl (C=O) groups is 1. The van der Waals surface area contributed by atoms with Gasteiger partial charge in [-0.25, -0.2) is 12.7 Å². The fourth-order valence-corrected chi connectivity index (χ4v) is 3.44. The van der Waals surface area contributed by atoms with Gasteiger partial charge in [-0.15, -0.1) is 0 Å². The number of carbonyl (C=O) groups excluding carboxylic acids is 1. The molecule has 0 aliphatic carbocycles. The summed E-state index contributed by atoms with van der Waals surface area (Å²) in [6, 6.07) is 12.3. The number of nitrogens with one attached hydrogen (secondary N) is 1. The molecule has 2 aromatic carbocycles. The fraction of sp³-hybridized carbons (Fsp3) is 0.250. The first-order valence-corrected chi connectivity index (χ1v) is 9.93. The van der Waals surface area contributed by atoms with Gasteiger partial charge in [0, 0.05) is 25.9 Å². The Kier molecular flexibility index (Phi) is 6.76. The number of hydrogen-bond acceptors (Lipinski definition) is 4. The van der Waals surface area contributed by atoms with E-state index < -0.39 is 10.0 Å². The van der Waals surface area contributed by atoms with Crippen molar-refractivity contribution >= 4 is 27.7 Å². The smallest absolute Gasteiger partial charge is 0.248 e. The van der Waals surface area contributed by atoms with Gasteiger partial charge in [0.15, 0.2) is 0 Å². The Morgan fingerprint density at radius 1 is 1.19 bits per heavy atom. The third-order valence-corrected chi connectivity index (χ3v) is 5.58. The van der Waals surface area contributed by atoms with Crippen molar-refractivity contribution < 1.29 is 17.9 Å². The van der Waals surface area contributed by atoms with E-state index in [1.165, 1.54) is 26.2 Å². The maximum Gasteiger partial charge on any atom is 0.248 e. The highest BCUT2D eigenvalue weighted by Crippen LogP contribution is 2.29. The zero-order chi connectivity index (χ0) is 20.0. The van der Waals surface area contributed by atoms with Crippen LogP contribution in [-0.4, -0.2) is 39.3 Å². The van der Waals surface area contributed by atoms with Gasteiger partial charge in [-0.05, 0) is 43.7 Å². The average molecular weight is 388 g/mol. The first-order chi connectivity index (χ1) is 12.7. The van der Waals surface area contributed by atoms with Crippen LogP contribution in [0, 0.1) is 6.92 Å². The number of sulfonamides is 1. The number of rotatable bonds is 7. The third kappa shape index (κ3) is 5.42. The van der Waals surface area contributed by atoms with Crippen molar-refractivity contribution in [3.05, 3.63) is 59.7 Å². The van der Waals surface area contributed by atoms with Crippen LogP contribution in [0.15, 0.2) is 53.4 Å². The van der Waals surface area contributed by atoms with Crippen molar-refractivity contribution in [2.75, 3.05) is 26.0 Å². The molecule has 0 aromatic heterocycles. The van der Waals surface area contributed by atoms with E-state index in [9.17, 15) is 13.2 Å². The van der Waals surface area contributed by atoms with Crippen molar-refractivity contribution in [3.63, 3.8) is 0 Å². The fourth-order valence-electron chi connectivity index (χ4n) is 2.39. The van der Waals surface area contributed by atoms with Gasteiger partial charge in [-0.1, -0.05) is 29.8 Å². The lowest BCUT2D eigenvalue weighted by Crippen LogP contribution is -2.23. The maximum atomic E-state index is 12.5. The van der Waals surface area contributed by atoms with E-state index in [1.807, 2.05) is 31.2 Å². The Bertz CT molecular complexity index is 950. The molecular weight excluding hydrogens is 364 g/mol. The van der Waals surface area contributed by atoms with Gasteiger partial charge in [0.05, 0.1) is 6.61 Å². The van der Waals surface area contributed by atoms with Gasteiger partial charge in [0.2, 0.25) is 15.9 Å². The number of benzene rings is 2. The van der Waals surface area contributed by atoms with Crippen LogP contribution in [0.5, 0.6) is 5.75 Å². The van der Waals surface area contributed by atoms with Crippen LogP contribution < -0.4 is 10.1 Å². The molecule has 2 aromatic rings. The van der Waals surface area contributed by atoms with Gasteiger partial charge in [0.25, 0.3) is 0 Å². The Hall–Kier alpha value is -2.64. The summed E-state index contributed by atoms with van der Waals surface area (Å²) in [7, 11) is -0.818. The molecule has 6 nitrogen and oxygen atoms in total. The summed E-state index contributed by atoms with van der Waals surface area (Å²) in [4.78, 5) is 12.2. The summed E-state index contributed by atoms with van der Waals surface area (Å²) < 4.78 is 31.6. The lowest BCUT2D eigenvalue weighted by atomic mass is 10.1. The topological polar surface area (TPSA) is 75.7 Å². The van der Waals surface area contributed by atoms with E-state index in [-0.39, 0.29) is 16.6 Å². The largest absolute Gasteiger partial charge is 0.492 e. The SMILES string of the molecule is CCOc1ccc(NC(=O)/C=C/c2cccc(C)c2)cc1S(=O)(=O)N(C)C. The Morgan fingerprint density at radius 3 is 2.56 bits per heavy atom. The van der Waals surface area contributed by atoms with Crippen molar-refractivity contribution in [3.8, 4) is 5.75 Å². The molecule has 0 radical (unpaired) electrons. The molecule has 2 rings (SSSR count). The van der Waals surface area contributed by atoms with E-state index in [0.717, 1.165) is 15.4 Å². The minimum atomic E-state index is -3.71. The second kappa shape index (κ2) is 8.83. The van der Waals surface area contributed by atoms with Crippen LogP contribution in [0.25, 0.3) is 6.08 Å². The number of nitrogens with zero attached hydrogens (tertiary/aromatic N) is 1. The molecule has 0 aliphatic heterocycles. The highest BCUT2D eigenvalue weighted by Gasteiger charge is 2.23. The van der Waals surface area contributed by atoms with Crippen molar-refractivity contribution in [2.45, 2.75) is 18.7 Å². The molecule has 0 spiro atoms. The summed E-state index contributed by atoms with van der Waals surface area (Å²) in [6.45, 7) is 4.09. The summed E-state index contributed by atoms with van der Waals surface area (Å²) in [6.07, 6.45) is 3.11. The number of amides is 1. The normalized spacial score (nSPS) is 11.7. The van der Waals surface area contributed by atoms with E-state index in [2.05, 4.69) is 5.32 Å². The Labute approximate surface area is 160 Å². The number of ether oxygens (including phenoxy) is 1. The number of aryl methyl sites for hydroxylation is 1. The lowest BCUT2D eigenvalue weighted by molar-refractivity contribution is -0.111. The molecule has 0 heterocycles. The highest BCUT2D eigenvalue weighted by molar-refractivity contribution is 7.89. The van der Waals surface area contributed by atoms with Gasteiger partial charge >= 0.3 is 0 Å². The molecule has 0 unspecified atom stereocenters. The number of hydrogen-bond donors (Lipinski definition) is 1. The third-order valence-electron chi connectivity index (χ3n) is 3.74. The molecular formula is C20H24N2O4S. The van der Waals surface area contributed by atoms with E-state index in [0.29, 0.717) is 12.3 Å². The van der Waals surface area contributed by atoms with Crippen molar-refractivity contribution in [1.82, 2.24) is 4.31 Å². The van der Waals surface area contributed by atoms with Gasteiger partial charge in [0.1, 0.15) is 10.6 Å². The van der Waals surface area contributed by atoms with E-state index >= 15 is 0 Å². The van der Waals surface area contributed by atoms with Crippen LogP contribution in [0.4, 0.5) is 5.69 Å². The second-order valence-electron chi connectivity index (χ2n) is 6.12. The average Bonchev–Trinajstić information content (AvgIpc) is 2.61. The molecule has 0 bridgehead atoms. The molecule has 1 N–H and O–H groups in total. The first kappa shape index (κ1) is 20.7. The quantitative estimate of drug-likeness (QED) is 0.739. The van der Waals surface area contributed by atoms with Crippen LogP contribution in [0.3, 0.4) is 0 Å². The summed E-state index contributed by atoms with van der Waals surface area (Å²) >= 11 is 0. The molecule has 27 heavy (non-hydrogen) atoms. The van der Waals surface area contributed by atoms with Gasteiger partial charge in [-0.2, -0.15) is 0 Å². The van der Waals surface area contributed by atoms with E-state index in [4.69, 9.17) is 4.74 Å². The summed E-state index contributed by atoms with van der Waals surface area (Å²) in [5.74, 6) is -0.103. The van der Waals surface area contributed by atoms with Crippen molar-refractivity contribution in [1.29, 1.82) is 0 Å². The van der Waals surface area contributed by atoms with Crippen molar-refractivity contribution in [2.24, 2.45) is 0 Å². The van der Waals surface area contributed by atoms with Crippen LogP contribution >= 0.6 is 0 Å². The molecule has 0 saturated heterocycles. The molecule has 0 atom stereocenters. The highest BCUT2D eigenvalue weighted by atomic mass is 32.2. The minimum Gasteiger partial charge on any atom is -0.492 e. The Morgan fingerprint density at radius 2 is 1.93 bits per heavy atom. The molecule has 1 amide bonds. The Balaban J connectivity index is 2.24.